The molecule has 0 saturated heterocycles. The van der Waals surface area contributed by atoms with Crippen molar-refractivity contribution < 1.29 is 4.79 Å². The minimum absolute atomic E-state index is 0.0623. The highest BCUT2D eigenvalue weighted by atomic mass is 79.9. The number of pyridine rings is 1. The highest BCUT2D eigenvalue weighted by Gasteiger charge is 2.10. The number of ketones is 1. The first kappa shape index (κ1) is 12.5. The van der Waals surface area contributed by atoms with E-state index in [4.69, 9.17) is 0 Å². The van der Waals surface area contributed by atoms with Gasteiger partial charge in [0.1, 0.15) is 0 Å². The molecule has 0 aliphatic carbocycles. The van der Waals surface area contributed by atoms with E-state index in [9.17, 15) is 4.79 Å². The molecule has 4 heteroatoms. The topological polar surface area (TPSA) is 30.0 Å². The molecular weight excluding hydrogens is 346 g/mol. The first-order valence-electron chi connectivity index (χ1n) is 5.05. The number of rotatable bonds is 3. The second-order valence-corrected chi connectivity index (χ2v) is 5.32. The average Bonchev–Trinajstić information content (AvgIpc) is 2.32. The summed E-state index contributed by atoms with van der Waals surface area (Å²) in [5.74, 6) is 0.0623. The molecule has 2 nitrogen and oxygen atoms in total. The van der Waals surface area contributed by atoms with Crippen molar-refractivity contribution in [2.24, 2.45) is 0 Å². The monoisotopic (exact) mass is 353 g/mol. The second kappa shape index (κ2) is 5.56. The Morgan fingerprint density at radius 1 is 1.12 bits per heavy atom. The summed E-state index contributed by atoms with van der Waals surface area (Å²) >= 11 is 6.69. The van der Waals surface area contributed by atoms with Gasteiger partial charge in [-0.25, -0.2) is 0 Å². The van der Waals surface area contributed by atoms with Crippen LogP contribution < -0.4 is 0 Å². The number of Topliss-reactive ketones (excluding diaryl/α,β-unsaturated/α-hetero) is 1. The molecule has 17 heavy (non-hydrogen) atoms. The lowest BCUT2D eigenvalue weighted by atomic mass is 10.1. The van der Waals surface area contributed by atoms with Crippen molar-refractivity contribution in [1.82, 2.24) is 4.98 Å². The summed E-state index contributed by atoms with van der Waals surface area (Å²) in [6.45, 7) is 0. The third-order valence-corrected chi connectivity index (χ3v) is 3.47. The van der Waals surface area contributed by atoms with Crippen LogP contribution in [-0.4, -0.2) is 10.8 Å². The zero-order valence-corrected chi connectivity index (χ0v) is 12.0. The smallest absolute Gasteiger partial charge is 0.169 e. The van der Waals surface area contributed by atoms with Crippen molar-refractivity contribution in [2.45, 2.75) is 6.42 Å². The molecule has 0 saturated carbocycles. The Labute approximate surface area is 116 Å². The van der Waals surface area contributed by atoms with Crippen LogP contribution in [0, 0.1) is 0 Å². The van der Waals surface area contributed by atoms with E-state index in [1.165, 1.54) is 0 Å². The molecule has 2 rings (SSSR count). The van der Waals surface area contributed by atoms with Crippen LogP contribution in [0.15, 0.2) is 51.5 Å². The van der Waals surface area contributed by atoms with E-state index in [-0.39, 0.29) is 5.78 Å². The summed E-state index contributed by atoms with van der Waals surface area (Å²) in [5, 5.41) is 0. The van der Waals surface area contributed by atoms with Crippen molar-refractivity contribution >= 4 is 37.6 Å². The van der Waals surface area contributed by atoms with Crippen LogP contribution in [0.2, 0.25) is 0 Å². The van der Waals surface area contributed by atoms with Crippen molar-refractivity contribution in [3.63, 3.8) is 0 Å². The van der Waals surface area contributed by atoms with E-state index in [0.29, 0.717) is 12.0 Å². The number of carbonyl (C=O) groups is 1. The van der Waals surface area contributed by atoms with Gasteiger partial charge in [0.15, 0.2) is 5.78 Å². The van der Waals surface area contributed by atoms with Crippen LogP contribution in [0.4, 0.5) is 0 Å². The fourth-order valence-electron chi connectivity index (χ4n) is 1.46. The first-order valence-corrected chi connectivity index (χ1v) is 6.63. The van der Waals surface area contributed by atoms with Gasteiger partial charge in [-0.3, -0.25) is 9.78 Å². The van der Waals surface area contributed by atoms with Gasteiger partial charge in [-0.2, -0.15) is 0 Å². The Morgan fingerprint density at radius 2 is 1.88 bits per heavy atom. The normalized spacial score (nSPS) is 10.2. The summed E-state index contributed by atoms with van der Waals surface area (Å²) in [6, 6.07) is 11.1. The molecule has 0 aliphatic rings. The molecular formula is C13H9Br2NO. The predicted octanol–water partition coefficient (Wildman–Crippen LogP) is 4.03. The molecule has 0 N–H and O–H groups in total. The van der Waals surface area contributed by atoms with Crippen molar-refractivity contribution in [3.05, 3.63) is 62.8 Å². The Balaban J connectivity index is 2.17. The average molecular weight is 355 g/mol. The zero-order chi connectivity index (χ0) is 12.3. The number of nitrogens with zero attached hydrogens (tertiary/aromatic N) is 1. The largest absolute Gasteiger partial charge is 0.294 e. The van der Waals surface area contributed by atoms with Crippen LogP contribution >= 0.6 is 31.9 Å². The van der Waals surface area contributed by atoms with Gasteiger partial charge in [-0.15, -0.1) is 0 Å². The molecule has 0 radical (unpaired) electrons. The van der Waals surface area contributed by atoms with E-state index >= 15 is 0 Å². The summed E-state index contributed by atoms with van der Waals surface area (Å²) in [4.78, 5) is 16.2. The van der Waals surface area contributed by atoms with Gasteiger partial charge in [0, 0.05) is 26.4 Å². The van der Waals surface area contributed by atoms with E-state index in [0.717, 1.165) is 14.6 Å². The molecule has 0 atom stereocenters. The Hall–Kier alpha value is -1.00. The highest BCUT2D eigenvalue weighted by molar-refractivity contribution is 9.10. The molecule has 1 heterocycles. The number of halogens is 2. The third kappa shape index (κ3) is 3.23. The van der Waals surface area contributed by atoms with Gasteiger partial charge < -0.3 is 0 Å². The van der Waals surface area contributed by atoms with Gasteiger partial charge >= 0.3 is 0 Å². The Bertz CT molecular complexity index is 537. The van der Waals surface area contributed by atoms with Gasteiger partial charge in [-0.1, -0.05) is 34.1 Å². The summed E-state index contributed by atoms with van der Waals surface area (Å²) in [5.41, 5.74) is 1.46. The third-order valence-electron chi connectivity index (χ3n) is 2.30. The van der Waals surface area contributed by atoms with Crippen LogP contribution in [0.5, 0.6) is 0 Å². The van der Waals surface area contributed by atoms with Gasteiger partial charge in [0.25, 0.3) is 0 Å². The van der Waals surface area contributed by atoms with Gasteiger partial charge in [0.05, 0.1) is 6.42 Å². The lowest BCUT2D eigenvalue weighted by Crippen LogP contribution is -2.05. The summed E-state index contributed by atoms with van der Waals surface area (Å²) < 4.78 is 1.73. The number of hydrogen-bond acceptors (Lipinski definition) is 2. The summed E-state index contributed by atoms with van der Waals surface area (Å²) in [7, 11) is 0. The molecule has 1 aromatic heterocycles. The van der Waals surface area contributed by atoms with Gasteiger partial charge in [0.2, 0.25) is 0 Å². The minimum Gasteiger partial charge on any atom is -0.294 e. The van der Waals surface area contributed by atoms with Crippen molar-refractivity contribution in [3.8, 4) is 0 Å². The second-order valence-electron chi connectivity index (χ2n) is 3.55. The Morgan fingerprint density at radius 3 is 2.53 bits per heavy atom. The number of hydrogen-bond donors (Lipinski definition) is 0. The molecule has 0 bridgehead atoms. The van der Waals surface area contributed by atoms with E-state index in [1.54, 1.807) is 6.20 Å². The molecule has 0 unspecified atom stereocenters. The molecule has 1 aromatic carbocycles. The maximum Gasteiger partial charge on any atom is 0.169 e. The van der Waals surface area contributed by atoms with E-state index < -0.39 is 0 Å². The fraction of sp³-hybridized carbons (Fsp3) is 0.0769. The van der Waals surface area contributed by atoms with Crippen LogP contribution in [0.25, 0.3) is 0 Å². The lowest BCUT2D eigenvalue weighted by molar-refractivity contribution is 0.0991. The molecule has 86 valence electrons. The van der Waals surface area contributed by atoms with E-state index in [2.05, 4.69) is 36.8 Å². The molecule has 2 aromatic rings. The molecule has 0 aliphatic heterocycles. The summed E-state index contributed by atoms with van der Waals surface area (Å²) in [6.07, 6.45) is 2.01. The van der Waals surface area contributed by atoms with Crippen molar-refractivity contribution in [1.29, 1.82) is 0 Å². The number of carbonyl (C=O) groups excluding carboxylic acids is 1. The SMILES string of the molecule is O=C(Cc1ccc(Br)cn1)c1ccccc1Br. The number of benzene rings is 1. The maximum absolute atomic E-state index is 12.0. The quantitative estimate of drug-likeness (QED) is 0.779. The predicted molar refractivity (Wildman–Crippen MR) is 74.1 cm³/mol. The highest BCUT2D eigenvalue weighted by Crippen LogP contribution is 2.18. The molecule has 0 spiro atoms. The molecule has 0 amide bonds. The minimum atomic E-state index is 0.0623. The number of aromatic nitrogens is 1. The van der Waals surface area contributed by atoms with Crippen LogP contribution in [0.3, 0.4) is 0 Å². The maximum atomic E-state index is 12.0. The first-order chi connectivity index (χ1) is 8.16. The zero-order valence-electron chi connectivity index (χ0n) is 8.86. The van der Waals surface area contributed by atoms with E-state index in [1.807, 2.05) is 36.4 Å². The standard InChI is InChI=1S/C13H9Br2NO/c14-9-5-6-10(16-8-9)7-13(17)11-3-1-2-4-12(11)15/h1-6,8H,7H2. The Kier molecular flexibility index (Phi) is 4.07. The lowest BCUT2D eigenvalue weighted by Gasteiger charge is -2.03. The van der Waals surface area contributed by atoms with Crippen LogP contribution in [-0.2, 0) is 6.42 Å². The fourth-order valence-corrected chi connectivity index (χ4v) is 2.20. The van der Waals surface area contributed by atoms with Crippen LogP contribution in [0.1, 0.15) is 16.1 Å². The van der Waals surface area contributed by atoms with Gasteiger partial charge in [-0.05, 0) is 34.1 Å². The van der Waals surface area contributed by atoms with Crippen molar-refractivity contribution in [2.75, 3.05) is 0 Å². The molecule has 0 fully saturated rings.